The number of nitrogens with two attached hydrogens (primary N) is 1. The standard InChI is InChI=1S/C9H9F3N2O2/c1-16-6-3-2-5(4-15)14-7(6)8(13)9(10,11)12/h2-4,8H,13H2,1H3/t8-/m1/s1. The van der Waals surface area contributed by atoms with E-state index in [9.17, 15) is 18.0 Å². The van der Waals surface area contributed by atoms with Crippen LogP contribution in [0.5, 0.6) is 5.75 Å². The number of ether oxygens (including phenoxy) is 1. The van der Waals surface area contributed by atoms with Crippen LogP contribution in [0.3, 0.4) is 0 Å². The zero-order valence-electron chi connectivity index (χ0n) is 8.28. The first-order valence-electron chi connectivity index (χ1n) is 4.22. The highest BCUT2D eigenvalue weighted by Crippen LogP contribution is 2.33. The van der Waals surface area contributed by atoms with Gasteiger partial charge in [-0.3, -0.25) is 4.79 Å². The Morgan fingerprint density at radius 2 is 2.12 bits per heavy atom. The maximum atomic E-state index is 12.4. The SMILES string of the molecule is COc1ccc(C=O)nc1[C@@H](N)C(F)(F)F. The molecule has 0 amide bonds. The monoisotopic (exact) mass is 234 g/mol. The predicted octanol–water partition coefficient (Wildman–Crippen LogP) is 1.46. The van der Waals surface area contributed by atoms with Crippen molar-refractivity contribution in [1.29, 1.82) is 0 Å². The van der Waals surface area contributed by atoms with E-state index in [0.717, 1.165) is 0 Å². The van der Waals surface area contributed by atoms with Gasteiger partial charge in [-0.2, -0.15) is 13.2 Å². The van der Waals surface area contributed by atoms with Crippen molar-refractivity contribution in [3.8, 4) is 5.75 Å². The number of nitrogens with zero attached hydrogens (tertiary/aromatic N) is 1. The predicted molar refractivity (Wildman–Crippen MR) is 49.2 cm³/mol. The summed E-state index contributed by atoms with van der Waals surface area (Å²) in [6.45, 7) is 0. The van der Waals surface area contributed by atoms with Crippen molar-refractivity contribution in [2.45, 2.75) is 12.2 Å². The summed E-state index contributed by atoms with van der Waals surface area (Å²) >= 11 is 0. The number of methoxy groups -OCH3 is 1. The number of halogens is 3. The number of rotatable bonds is 3. The summed E-state index contributed by atoms with van der Waals surface area (Å²) in [5.41, 5.74) is 4.36. The maximum absolute atomic E-state index is 12.4. The number of aldehydes is 1. The molecule has 0 unspecified atom stereocenters. The van der Waals surface area contributed by atoms with Crippen LogP contribution in [0, 0.1) is 0 Å². The van der Waals surface area contributed by atoms with Crippen molar-refractivity contribution in [2.24, 2.45) is 5.73 Å². The minimum atomic E-state index is -4.64. The van der Waals surface area contributed by atoms with Gasteiger partial charge in [0.1, 0.15) is 23.2 Å². The molecule has 0 aliphatic carbocycles. The lowest BCUT2D eigenvalue weighted by atomic mass is 10.1. The van der Waals surface area contributed by atoms with Gasteiger partial charge in [0.2, 0.25) is 0 Å². The largest absolute Gasteiger partial charge is 0.495 e. The van der Waals surface area contributed by atoms with Gasteiger partial charge in [0.05, 0.1) is 7.11 Å². The van der Waals surface area contributed by atoms with Crippen molar-refractivity contribution in [1.82, 2.24) is 4.98 Å². The van der Waals surface area contributed by atoms with E-state index in [2.05, 4.69) is 4.98 Å². The summed E-state index contributed by atoms with van der Waals surface area (Å²) in [5, 5.41) is 0. The van der Waals surface area contributed by atoms with Crippen molar-refractivity contribution in [3.05, 3.63) is 23.5 Å². The summed E-state index contributed by atoms with van der Waals surface area (Å²) in [5.74, 6) is -0.101. The second kappa shape index (κ2) is 4.48. The van der Waals surface area contributed by atoms with Crippen LogP contribution in [0.25, 0.3) is 0 Å². The Morgan fingerprint density at radius 3 is 2.56 bits per heavy atom. The molecule has 0 spiro atoms. The van der Waals surface area contributed by atoms with Gasteiger partial charge in [0.25, 0.3) is 0 Å². The van der Waals surface area contributed by atoms with E-state index >= 15 is 0 Å². The Kier molecular flexibility index (Phi) is 3.48. The molecule has 1 atom stereocenters. The molecular weight excluding hydrogens is 225 g/mol. The fourth-order valence-electron chi connectivity index (χ4n) is 1.09. The Labute approximate surface area is 89.2 Å². The minimum absolute atomic E-state index is 0.101. The van der Waals surface area contributed by atoms with Gasteiger partial charge in [-0.25, -0.2) is 4.98 Å². The van der Waals surface area contributed by atoms with Crippen LogP contribution < -0.4 is 10.5 Å². The highest BCUT2D eigenvalue weighted by molar-refractivity contribution is 5.72. The van der Waals surface area contributed by atoms with E-state index in [0.29, 0.717) is 6.29 Å². The lowest BCUT2D eigenvalue weighted by molar-refractivity contribution is -0.150. The molecule has 0 fully saturated rings. The summed E-state index contributed by atoms with van der Waals surface area (Å²) in [6, 6.07) is 0.193. The molecule has 0 aliphatic heterocycles. The third kappa shape index (κ3) is 2.48. The van der Waals surface area contributed by atoms with Crippen LogP contribution in [0.1, 0.15) is 22.2 Å². The van der Waals surface area contributed by atoms with Gasteiger partial charge in [-0.1, -0.05) is 0 Å². The van der Waals surface area contributed by atoms with Crippen LogP contribution >= 0.6 is 0 Å². The van der Waals surface area contributed by atoms with Crippen molar-refractivity contribution < 1.29 is 22.7 Å². The van der Waals surface area contributed by atoms with Crippen LogP contribution in [-0.4, -0.2) is 24.6 Å². The van der Waals surface area contributed by atoms with Crippen LogP contribution in [0.2, 0.25) is 0 Å². The number of hydrogen-bond donors (Lipinski definition) is 1. The van der Waals surface area contributed by atoms with Gasteiger partial charge in [-0.15, -0.1) is 0 Å². The highest BCUT2D eigenvalue weighted by atomic mass is 19.4. The van der Waals surface area contributed by atoms with E-state index in [-0.39, 0.29) is 11.4 Å². The number of carbonyl (C=O) groups is 1. The minimum Gasteiger partial charge on any atom is -0.495 e. The van der Waals surface area contributed by atoms with Gasteiger partial charge < -0.3 is 10.5 Å². The number of carbonyl (C=O) groups excluding carboxylic acids is 1. The molecule has 88 valence electrons. The molecule has 1 aromatic heterocycles. The van der Waals surface area contributed by atoms with E-state index in [1.54, 1.807) is 0 Å². The lowest BCUT2D eigenvalue weighted by Crippen LogP contribution is -2.30. The third-order valence-electron chi connectivity index (χ3n) is 1.90. The number of alkyl halides is 3. The molecule has 0 aromatic carbocycles. The fourth-order valence-corrected chi connectivity index (χ4v) is 1.09. The van der Waals surface area contributed by atoms with E-state index < -0.39 is 17.9 Å². The zero-order chi connectivity index (χ0) is 12.3. The van der Waals surface area contributed by atoms with E-state index in [1.165, 1.54) is 19.2 Å². The first-order valence-corrected chi connectivity index (χ1v) is 4.22. The molecule has 7 heteroatoms. The Balaban J connectivity index is 3.23. The molecule has 0 aliphatic rings. The van der Waals surface area contributed by atoms with Crippen LogP contribution in [-0.2, 0) is 0 Å². The Hall–Kier alpha value is -1.63. The molecular formula is C9H9F3N2O2. The van der Waals surface area contributed by atoms with Crippen molar-refractivity contribution in [3.63, 3.8) is 0 Å². The summed E-state index contributed by atoms with van der Waals surface area (Å²) in [7, 11) is 1.20. The Bertz CT molecular complexity index is 393. The Morgan fingerprint density at radius 1 is 1.50 bits per heavy atom. The number of hydrogen-bond acceptors (Lipinski definition) is 4. The molecule has 0 saturated heterocycles. The quantitative estimate of drug-likeness (QED) is 0.804. The molecule has 1 heterocycles. The second-order valence-corrected chi connectivity index (χ2v) is 2.96. The first-order chi connectivity index (χ1) is 7.40. The molecule has 0 saturated carbocycles. The van der Waals surface area contributed by atoms with Gasteiger partial charge in [0.15, 0.2) is 6.29 Å². The zero-order valence-corrected chi connectivity index (χ0v) is 8.28. The summed E-state index contributed by atoms with van der Waals surface area (Å²) < 4.78 is 41.8. The molecule has 2 N–H and O–H groups in total. The highest BCUT2D eigenvalue weighted by Gasteiger charge is 2.40. The molecule has 16 heavy (non-hydrogen) atoms. The third-order valence-corrected chi connectivity index (χ3v) is 1.90. The van der Waals surface area contributed by atoms with Crippen molar-refractivity contribution >= 4 is 6.29 Å². The fraction of sp³-hybridized carbons (Fsp3) is 0.333. The van der Waals surface area contributed by atoms with Gasteiger partial charge >= 0.3 is 6.18 Å². The van der Waals surface area contributed by atoms with E-state index in [1.807, 2.05) is 0 Å². The van der Waals surface area contributed by atoms with Gasteiger partial charge in [0, 0.05) is 0 Å². The average Bonchev–Trinajstić information content (AvgIpc) is 2.25. The normalized spacial score (nSPS) is 13.3. The average molecular weight is 234 g/mol. The number of aromatic nitrogens is 1. The topological polar surface area (TPSA) is 65.2 Å². The van der Waals surface area contributed by atoms with Crippen LogP contribution in [0.4, 0.5) is 13.2 Å². The first kappa shape index (κ1) is 12.4. The number of pyridine rings is 1. The molecule has 0 bridgehead atoms. The molecule has 0 radical (unpaired) electrons. The maximum Gasteiger partial charge on any atom is 0.409 e. The smallest absolute Gasteiger partial charge is 0.409 e. The lowest BCUT2D eigenvalue weighted by Gasteiger charge is -2.17. The summed E-state index contributed by atoms with van der Waals surface area (Å²) in [6.07, 6.45) is -4.30. The summed E-state index contributed by atoms with van der Waals surface area (Å²) in [4.78, 5) is 13.9. The van der Waals surface area contributed by atoms with E-state index in [4.69, 9.17) is 10.5 Å². The molecule has 4 nitrogen and oxygen atoms in total. The van der Waals surface area contributed by atoms with Crippen molar-refractivity contribution in [2.75, 3.05) is 7.11 Å². The van der Waals surface area contributed by atoms with Gasteiger partial charge in [-0.05, 0) is 12.1 Å². The van der Waals surface area contributed by atoms with Crippen LogP contribution in [0.15, 0.2) is 12.1 Å². The molecule has 1 rings (SSSR count). The second-order valence-electron chi connectivity index (χ2n) is 2.96. The molecule has 1 aromatic rings.